The molecule has 0 aromatic carbocycles. The fourth-order valence-corrected chi connectivity index (χ4v) is 0.822. The second-order valence-corrected chi connectivity index (χ2v) is 4.41. The summed E-state index contributed by atoms with van der Waals surface area (Å²) >= 11 is 0. The third-order valence-electron chi connectivity index (χ3n) is 1.68. The first-order valence-electron chi connectivity index (χ1n) is 4.60. The highest BCUT2D eigenvalue weighted by molar-refractivity contribution is 5.82. The lowest BCUT2D eigenvalue weighted by Gasteiger charge is -2.17. The Balaban J connectivity index is 3.79. The van der Waals surface area contributed by atoms with E-state index in [9.17, 15) is 0 Å². The van der Waals surface area contributed by atoms with Gasteiger partial charge < -0.3 is 0 Å². The van der Waals surface area contributed by atoms with Crippen LogP contribution in [0.4, 0.5) is 0 Å². The molecule has 0 saturated carbocycles. The first kappa shape index (κ1) is 11.4. The minimum Gasteiger partial charge on any atom is -0.266 e. The zero-order chi connectivity index (χ0) is 9.61. The van der Waals surface area contributed by atoms with Crippen molar-refractivity contribution in [3.63, 3.8) is 0 Å². The largest absolute Gasteiger partial charge is 0.266 e. The Morgan fingerprint density at radius 1 is 1.33 bits per heavy atom. The summed E-state index contributed by atoms with van der Waals surface area (Å²) in [7, 11) is 0. The van der Waals surface area contributed by atoms with Crippen LogP contribution in [0.5, 0.6) is 0 Å². The van der Waals surface area contributed by atoms with Crippen molar-refractivity contribution in [2.75, 3.05) is 0 Å². The van der Waals surface area contributed by atoms with Gasteiger partial charge in [0.1, 0.15) is 0 Å². The summed E-state index contributed by atoms with van der Waals surface area (Å²) in [5, 5.41) is 0. The Morgan fingerprint density at radius 2 is 1.92 bits per heavy atom. The lowest BCUT2D eigenvalue weighted by molar-refractivity contribution is 0.386. The van der Waals surface area contributed by atoms with Crippen LogP contribution in [-0.2, 0) is 0 Å². The molecule has 0 aromatic heterocycles. The molecule has 0 aromatic rings. The standard InChI is InChI=1S/C11H21N/c1-6-9-12-10(2)7-8-11(3,4)5/h6,9H,7-8H2,1-5H3/b9-6-,12-10+. The van der Waals surface area contributed by atoms with E-state index in [2.05, 4.69) is 32.7 Å². The van der Waals surface area contributed by atoms with Crippen LogP contribution in [-0.4, -0.2) is 5.71 Å². The average Bonchev–Trinajstić information content (AvgIpc) is 1.95. The maximum absolute atomic E-state index is 4.28. The van der Waals surface area contributed by atoms with Gasteiger partial charge in [-0.15, -0.1) is 0 Å². The molecule has 0 aliphatic rings. The van der Waals surface area contributed by atoms with E-state index in [0.717, 1.165) is 6.42 Å². The smallest absolute Gasteiger partial charge is 0.0224 e. The van der Waals surface area contributed by atoms with Gasteiger partial charge in [-0.05, 0) is 32.1 Å². The van der Waals surface area contributed by atoms with Crippen molar-refractivity contribution in [3.8, 4) is 0 Å². The number of aliphatic imine (C=N–C) groups is 1. The molecule has 0 radical (unpaired) electrons. The van der Waals surface area contributed by atoms with Crippen molar-refractivity contribution in [1.29, 1.82) is 0 Å². The van der Waals surface area contributed by atoms with E-state index in [4.69, 9.17) is 0 Å². The van der Waals surface area contributed by atoms with E-state index in [0.29, 0.717) is 5.41 Å². The lowest BCUT2D eigenvalue weighted by atomic mass is 9.90. The first-order chi connectivity index (χ1) is 5.45. The van der Waals surface area contributed by atoms with Crippen molar-refractivity contribution in [2.24, 2.45) is 10.4 Å². The Bertz CT molecular complexity index is 170. The summed E-state index contributed by atoms with van der Waals surface area (Å²) < 4.78 is 0. The second-order valence-electron chi connectivity index (χ2n) is 4.41. The van der Waals surface area contributed by atoms with Gasteiger partial charge in [-0.1, -0.05) is 26.8 Å². The molecular formula is C11H21N. The Hall–Kier alpha value is -0.590. The maximum Gasteiger partial charge on any atom is 0.0224 e. The van der Waals surface area contributed by atoms with Crippen LogP contribution >= 0.6 is 0 Å². The van der Waals surface area contributed by atoms with Gasteiger partial charge in [0, 0.05) is 11.9 Å². The van der Waals surface area contributed by atoms with Gasteiger partial charge >= 0.3 is 0 Å². The summed E-state index contributed by atoms with van der Waals surface area (Å²) in [5.74, 6) is 0. The minimum atomic E-state index is 0.423. The molecule has 0 unspecified atom stereocenters. The van der Waals surface area contributed by atoms with Gasteiger partial charge in [0.2, 0.25) is 0 Å². The van der Waals surface area contributed by atoms with E-state index < -0.39 is 0 Å². The predicted octanol–water partition coefficient (Wildman–Crippen LogP) is 3.81. The predicted molar refractivity (Wildman–Crippen MR) is 56.6 cm³/mol. The Kier molecular flexibility index (Phi) is 4.87. The molecule has 0 spiro atoms. The third kappa shape index (κ3) is 7.52. The molecule has 0 N–H and O–H groups in total. The molecule has 0 rings (SSSR count). The molecule has 1 nitrogen and oxygen atoms in total. The molecule has 0 atom stereocenters. The van der Waals surface area contributed by atoms with Gasteiger partial charge in [0.05, 0.1) is 0 Å². The molecule has 0 saturated heterocycles. The maximum atomic E-state index is 4.28. The number of hydrogen-bond donors (Lipinski definition) is 0. The first-order valence-corrected chi connectivity index (χ1v) is 4.60. The van der Waals surface area contributed by atoms with Crippen LogP contribution in [0.15, 0.2) is 17.3 Å². The van der Waals surface area contributed by atoms with Crippen LogP contribution in [0, 0.1) is 5.41 Å². The summed E-state index contributed by atoms with van der Waals surface area (Å²) in [6.07, 6.45) is 6.13. The van der Waals surface area contributed by atoms with Crippen LogP contribution in [0.1, 0.15) is 47.5 Å². The highest BCUT2D eigenvalue weighted by Gasteiger charge is 2.09. The second kappa shape index (κ2) is 5.13. The molecule has 0 amide bonds. The van der Waals surface area contributed by atoms with Crippen molar-refractivity contribution in [2.45, 2.75) is 47.5 Å². The van der Waals surface area contributed by atoms with Crippen molar-refractivity contribution < 1.29 is 0 Å². The molecule has 0 aliphatic heterocycles. The van der Waals surface area contributed by atoms with Gasteiger partial charge in [0.25, 0.3) is 0 Å². The number of rotatable bonds is 3. The molecule has 12 heavy (non-hydrogen) atoms. The molecule has 0 heterocycles. The van der Waals surface area contributed by atoms with Crippen molar-refractivity contribution in [1.82, 2.24) is 0 Å². The zero-order valence-corrected chi connectivity index (χ0v) is 9.02. The third-order valence-corrected chi connectivity index (χ3v) is 1.68. The normalized spacial score (nSPS) is 14.2. The van der Waals surface area contributed by atoms with E-state index in [1.54, 1.807) is 0 Å². The van der Waals surface area contributed by atoms with Crippen LogP contribution in [0.3, 0.4) is 0 Å². The van der Waals surface area contributed by atoms with Crippen molar-refractivity contribution in [3.05, 3.63) is 12.3 Å². The molecule has 1 heteroatoms. The van der Waals surface area contributed by atoms with E-state index >= 15 is 0 Å². The van der Waals surface area contributed by atoms with Gasteiger partial charge in [-0.25, -0.2) is 0 Å². The highest BCUT2D eigenvalue weighted by Crippen LogP contribution is 2.20. The lowest BCUT2D eigenvalue weighted by Crippen LogP contribution is -2.06. The molecule has 0 bridgehead atoms. The number of hydrogen-bond acceptors (Lipinski definition) is 1. The average molecular weight is 167 g/mol. The topological polar surface area (TPSA) is 12.4 Å². The number of allylic oxidation sites excluding steroid dienone is 1. The summed E-state index contributed by atoms with van der Waals surface area (Å²) in [6.45, 7) is 10.9. The Morgan fingerprint density at radius 3 is 2.33 bits per heavy atom. The molecule has 70 valence electrons. The quantitative estimate of drug-likeness (QED) is 0.567. The van der Waals surface area contributed by atoms with Gasteiger partial charge in [0.15, 0.2) is 0 Å². The Labute approximate surface area is 76.6 Å². The SMILES string of the molecule is C/C=C\N=C(/C)CCC(C)(C)C. The monoisotopic (exact) mass is 167 g/mol. The van der Waals surface area contributed by atoms with E-state index in [1.807, 2.05) is 19.2 Å². The van der Waals surface area contributed by atoms with Crippen LogP contribution in [0.25, 0.3) is 0 Å². The molecule has 0 fully saturated rings. The fraction of sp³-hybridized carbons (Fsp3) is 0.727. The van der Waals surface area contributed by atoms with Gasteiger partial charge in [-0.3, -0.25) is 4.99 Å². The van der Waals surface area contributed by atoms with Crippen LogP contribution in [0.2, 0.25) is 0 Å². The minimum absolute atomic E-state index is 0.423. The van der Waals surface area contributed by atoms with Gasteiger partial charge in [-0.2, -0.15) is 0 Å². The van der Waals surface area contributed by atoms with E-state index in [1.165, 1.54) is 12.1 Å². The zero-order valence-electron chi connectivity index (χ0n) is 9.02. The van der Waals surface area contributed by atoms with E-state index in [-0.39, 0.29) is 0 Å². The summed E-state index contributed by atoms with van der Waals surface area (Å²) in [6, 6.07) is 0. The number of nitrogens with zero attached hydrogens (tertiary/aromatic N) is 1. The summed E-state index contributed by atoms with van der Waals surface area (Å²) in [4.78, 5) is 4.28. The van der Waals surface area contributed by atoms with Crippen molar-refractivity contribution >= 4 is 5.71 Å². The highest BCUT2D eigenvalue weighted by atomic mass is 14.7. The fourth-order valence-electron chi connectivity index (χ4n) is 0.822. The summed E-state index contributed by atoms with van der Waals surface area (Å²) in [5.41, 5.74) is 1.65. The van der Waals surface area contributed by atoms with Crippen LogP contribution < -0.4 is 0 Å². The molecular weight excluding hydrogens is 146 g/mol. The molecule has 0 aliphatic carbocycles.